The third-order valence-corrected chi connectivity index (χ3v) is 6.44. The molecule has 2 aliphatic heterocycles. The third kappa shape index (κ3) is 4.78. The number of carbonyl (C=O) groups is 2. The number of amides is 2. The molecule has 0 saturated carbocycles. The van der Waals surface area contributed by atoms with E-state index < -0.39 is 11.7 Å². The summed E-state index contributed by atoms with van der Waals surface area (Å²) in [5.41, 5.74) is 1.28. The number of benzene rings is 2. The van der Waals surface area contributed by atoms with Crippen LogP contribution in [0.2, 0.25) is 0 Å². The molecule has 0 radical (unpaired) electrons. The first kappa shape index (κ1) is 22.3. The Hall–Kier alpha value is -2.93. The molecule has 6 nitrogen and oxygen atoms in total. The number of piperidine rings is 1. The largest absolute Gasteiger partial charge is 0.496 e. The Kier molecular flexibility index (Phi) is 7.05. The zero-order chi connectivity index (χ0) is 22.5. The van der Waals surface area contributed by atoms with Gasteiger partial charge in [-0.05, 0) is 44.1 Å². The van der Waals surface area contributed by atoms with Gasteiger partial charge in [-0.3, -0.25) is 14.5 Å². The number of hydrogen-bond acceptors (Lipinski definition) is 4. The summed E-state index contributed by atoms with van der Waals surface area (Å²) >= 11 is 0. The second-order valence-electron chi connectivity index (χ2n) is 8.46. The highest BCUT2D eigenvalue weighted by atomic mass is 19.1. The molecule has 0 aromatic heterocycles. The van der Waals surface area contributed by atoms with Crippen molar-refractivity contribution < 1.29 is 18.7 Å². The van der Waals surface area contributed by atoms with Gasteiger partial charge in [0.25, 0.3) is 0 Å². The molecule has 7 heteroatoms. The fourth-order valence-electron chi connectivity index (χ4n) is 4.74. The number of halogens is 1. The molecular weight excluding hydrogens is 409 g/mol. The summed E-state index contributed by atoms with van der Waals surface area (Å²) < 4.78 is 19.7. The van der Waals surface area contributed by atoms with E-state index in [1.54, 1.807) is 25.3 Å². The first-order chi connectivity index (χ1) is 15.6. The van der Waals surface area contributed by atoms with E-state index >= 15 is 0 Å². The van der Waals surface area contributed by atoms with E-state index in [1.165, 1.54) is 17.4 Å². The van der Waals surface area contributed by atoms with Crippen LogP contribution in [-0.2, 0) is 9.59 Å². The zero-order valence-electron chi connectivity index (χ0n) is 18.4. The Morgan fingerprint density at radius 2 is 1.84 bits per heavy atom. The zero-order valence-corrected chi connectivity index (χ0v) is 18.4. The van der Waals surface area contributed by atoms with Crippen molar-refractivity contribution in [1.82, 2.24) is 10.2 Å². The van der Waals surface area contributed by atoms with Crippen molar-refractivity contribution in [2.24, 2.45) is 5.92 Å². The van der Waals surface area contributed by atoms with Crippen LogP contribution in [-0.4, -0.2) is 50.0 Å². The number of hydrogen-bond donors (Lipinski definition) is 1. The Balaban J connectivity index is 1.45. The Morgan fingerprint density at radius 1 is 1.12 bits per heavy atom. The summed E-state index contributed by atoms with van der Waals surface area (Å²) in [4.78, 5) is 29.3. The maximum atomic E-state index is 14.2. The molecule has 2 aromatic carbocycles. The van der Waals surface area contributed by atoms with Crippen molar-refractivity contribution >= 4 is 17.5 Å². The molecule has 2 aromatic rings. The van der Waals surface area contributed by atoms with Gasteiger partial charge in [-0.2, -0.15) is 0 Å². The standard InChI is InChI=1S/C25H30FN3O3/c1-32-23-12-6-3-9-19(23)22(28-13-7-2-8-14-28)16-27-25(31)18-15-24(30)29(17-18)21-11-5-4-10-20(21)26/h3-6,9-12,18,22H,2,7-8,13-17H2,1H3,(H,27,31). The lowest BCUT2D eigenvalue weighted by molar-refractivity contribution is -0.126. The summed E-state index contributed by atoms with van der Waals surface area (Å²) in [7, 11) is 1.66. The molecule has 0 bridgehead atoms. The van der Waals surface area contributed by atoms with Gasteiger partial charge in [-0.25, -0.2) is 4.39 Å². The van der Waals surface area contributed by atoms with Gasteiger partial charge in [0.15, 0.2) is 0 Å². The fourth-order valence-corrected chi connectivity index (χ4v) is 4.74. The highest BCUT2D eigenvalue weighted by Gasteiger charge is 2.36. The SMILES string of the molecule is COc1ccccc1C(CNC(=O)C1CC(=O)N(c2ccccc2F)C1)N1CCCCC1. The van der Waals surface area contributed by atoms with Crippen molar-refractivity contribution in [2.75, 3.05) is 38.2 Å². The fraction of sp³-hybridized carbons (Fsp3) is 0.440. The Morgan fingerprint density at radius 3 is 2.59 bits per heavy atom. The minimum Gasteiger partial charge on any atom is -0.496 e. The van der Waals surface area contributed by atoms with E-state index in [0.717, 1.165) is 37.2 Å². The third-order valence-electron chi connectivity index (χ3n) is 6.44. The van der Waals surface area contributed by atoms with Crippen LogP contribution >= 0.6 is 0 Å². The number of methoxy groups -OCH3 is 1. The smallest absolute Gasteiger partial charge is 0.227 e. The van der Waals surface area contributed by atoms with E-state index in [1.807, 2.05) is 24.3 Å². The molecule has 2 unspecified atom stereocenters. The average molecular weight is 440 g/mol. The van der Waals surface area contributed by atoms with Gasteiger partial charge in [0.2, 0.25) is 11.8 Å². The maximum absolute atomic E-state index is 14.2. The van der Waals surface area contributed by atoms with Crippen molar-refractivity contribution in [3.8, 4) is 5.75 Å². The van der Waals surface area contributed by atoms with Crippen LogP contribution in [0, 0.1) is 11.7 Å². The monoisotopic (exact) mass is 439 g/mol. The second-order valence-corrected chi connectivity index (χ2v) is 8.46. The molecule has 2 aliphatic rings. The van der Waals surface area contributed by atoms with Gasteiger partial charge in [0, 0.05) is 25.1 Å². The van der Waals surface area contributed by atoms with Gasteiger partial charge in [0.1, 0.15) is 11.6 Å². The normalized spacial score (nSPS) is 20.2. The van der Waals surface area contributed by atoms with Crippen LogP contribution in [0.3, 0.4) is 0 Å². The quantitative estimate of drug-likeness (QED) is 0.717. The number of likely N-dealkylation sites (tertiary alicyclic amines) is 1. The summed E-state index contributed by atoms with van der Waals surface area (Å²) in [6.07, 6.45) is 3.57. The number of nitrogens with one attached hydrogen (secondary N) is 1. The predicted octanol–water partition coefficient (Wildman–Crippen LogP) is 3.53. The van der Waals surface area contributed by atoms with Crippen LogP contribution < -0.4 is 15.0 Å². The topological polar surface area (TPSA) is 61.9 Å². The molecule has 2 amide bonds. The first-order valence-corrected chi connectivity index (χ1v) is 11.3. The van der Waals surface area contributed by atoms with Gasteiger partial charge in [-0.1, -0.05) is 36.8 Å². The van der Waals surface area contributed by atoms with Crippen LogP contribution in [0.15, 0.2) is 48.5 Å². The highest BCUT2D eigenvalue weighted by Crippen LogP contribution is 2.32. The average Bonchev–Trinajstić information content (AvgIpc) is 3.22. The Bertz CT molecular complexity index is 961. The minimum atomic E-state index is -0.498. The number of rotatable bonds is 7. The molecule has 1 N–H and O–H groups in total. The van der Waals surface area contributed by atoms with E-state index in [-0.39, 0.29) is 36.5 Å². The Labute approximate surface area is 188 Å². The van der Waals surface area contributed by atoms with Crippen LogP contribution in [0.4, 0.5) is 10.1 Å². The van der Waals surface area contributed by atoms with Gasteiger partial charge < -0.3 is 15.0 Å². The molecule has 170 valence electrons. The van der Waals surface area contributed by atoms with E-state index in [9.17, 15) is 14.0 Å². The van der Waals surface area contributed by atoms with Crippen molar-refractivity contribution in [2.45, 2.75) is 31.7 Å². The van der Waals surface area contributed by atoms with E-state index in [4.69, 9.17) is 4.74 Å². The predicted molar refractivity (Wildman–Crippen MR) is 121 cm³/mol. The summed E-state index contributed by atoms with van der Waals surface area (Å²) in [6, 6.07) is 14.1. The molecule has 4 rings (SSSR count). The molecule has 2 saturated heterocycles. The van der Waals surface area contributed by atoms with Crippen LogP contribution in [0.5, 0.6) is 5.75 Å². The van der Waals surface area contributed by atoms with Crippen molar-refractivity contribution in [3.05, 3.63) is 59.9 Å². The summed E-state index contributed by atoms with van der Waals surface area (Å²) in [6.45, 7) is 2.57. The number of para-hydroxylation sites is 2. The van der Waals surface area contributed by atoms with Gasteiger partial charge >= 0.3 is 0 Å². The minimum absolute atomic E-state index is 0.00447. The number of anilines is 1. The summed E-state index contributed by atoms with van der Waals surface area (Å²) in [5, 5.41) is 3.07. The molecule has 32 heavy (non-hydrogen) atoms. The van der Waals surface area contributed by atoms with Crippen molar-refractivity contribution in [1.29, 1.82) is 0 Å². The summed E-state index contributed by atoms with van der Waals surface area (Å²) in [5.74, 6) is -0.550. The molecule has 2 heterocycles. The number of carbonyl (C=O) groups excluding carboxylic acids is 2. The van der Waals surface area contributed by atoms with Gasteiger partial charge in [-0.15, -0.1) is 0 Å². The first-order valence-electron chi connectivity index (χ1n) is 11.3. The van der Waals surface area contributed by atoms with E-state index in [0.29, 0.717) is 6.54 Å². The van der Waals surface area contributed by atoms with Gasteiger partial charge in [0.05, 0.1) is 24.8 Å². The van der Waals surface area contributed by atoms with E-state index in [2.05, 4.69) is 10.2 Å². The lowest BCUT2D eigenvalue weighted by Crippen LogP contribution is -2.42. The maximum Gasteiger partial charge on any atom is 0.227 e. The lowest BCUT2D eigenvalue weighted by atomic mass is 10.00. The molecule has 2 atom stereocenters. The second kappa shape index (κ2) is 10.1. The van der Waals surface area contributed by atoms with Crippen LogP contribution in [0.25, 0.3) is 0 Å². The number of nitrogens with zero attached hydrogens (tertiary/aromatic N) is 2. The number of ether oxygens (including phenoxy) is 1. The van der Waals surface area contributed by atoms with Crippen molar-refractivity contribution in [3.63, 3.8) is 0 Å². The lowest BCUT2D eigenvalue weighted by Gasteiger charge is -2.35. The molecule has 2 fully saturated rings. The highest BCUT2D eigenvalue weighted by molar-refractivity contribution is 6.00. The molecule has 0 spiro atoms. The van der Waals surface area contributed by atoms with Crippen LogP contribution in [0.1, 0.15) is 37.3 Å². The molecular formula is C25H30FN3O3. The molecule has 0 aliphatic carbocycles.